The highest BCUT2D eigenvalue weighted by Gasteiger charge is 2.16. The van der Waals surface area contributed by atoms with E-state index in [0.717, 1.165) is 22.5 Å². The van der Waals surface area contributed by atoms with E-state index in [2.05, 4.69) is 25.7 Å². The predicted molar refractivity (Wildman–Crippen MR) is 110 cm³/mol. The topological polar surface area (TPSA) is 98.7 Å². The van der Waals surface area contributed by atoms with Crippen LogP contribution in [0.15, 0.2) is 64.2 Å². The van der Waals surface area contributed by atoms with Crippen molar-refractivity contribution >= 4 is 23.7 Å². The van der Waals surface area contributed by atoms with Crippen LogP contribution in [0, 0.1) is 6.92 Å². The Balaban J connectivity index is 1.38. The molecule has 0 fully saturated rings. The highest BCUT2D eigenvalue weighted by Crippen LogP contribution is 2.25. The van der Waals surface area contributed by atoms with Gasteiger partial charge in [0.1, 0.15) is 0 Å². The average Bonchev–Trinajstić information content (AvgIpc) is 3.34. The highest BCUT2D eigenvalue weighted by molar-refractivity contribution is 7.99. The molecule has 0 bridgehead atoms. The number of benzene rings is 2. The minimum absolute atomic E-state index is 0.0630. The number of hydrogen-bond acceptors (Lipinski definition) is 7. The Bertz CT molecular complexity index is 1140. The van der Waals surface area contributed by atoms with Crippen molar-refractivity contribution in [2.75, 3.05) is 11.1 Å². The van der Waals surface area contributed by atoms with Crippen molar-refractivity contribution < 1.29 is 9.21 Å². The van der Waals surface area contributed by atoms with Gasteiger partial charge in [0.2, 0.25) is 11.8 Å². The van der Waals surface area contributed by atoms with E-state index >= 15 is 0 Å². The number of aryl methyl sites for hydroxylation is 1. The summed E-state index contributed by atoms with van der Waals surface area (Å²) in [6.45, 7) is 2.03. The molecule has 1 N–H and O–H groups in total. The largest absolute Gasteiger partial charge is 0.403 e. The summed E-state index contributed by atoms with van der Waals surface area (Å²) in [6, 6.07) is 17.4. The summed E-state index contributed by atoms with van der Waals surface area (Å²) in [5.74, 6) is 0.988. The van der Waals surface area contributed by atoms with Crippen molar-refractivity contribution in [3.05, 3.63) is 60.2 Å². The molecule has 146 valence electrons. The Hall–Kier alpha value is -3.46. The number of rotatable bonds is 6. The molecule has 0 aliphatic carbocycles. The van der Waals surface area contributed by atoms with Gasteiger partial charge in [-0.2, -0.15) is 0 Å². The van der Waals surface area contributed by atoms with Crippen LogP contribution in [0.4, 0.5) is 6.01 Å². The monoisotopic (exact) mass is 406 g/mol. The van der Waals surface area contributed by atoms with Crippen LogP contribution in [0.5, 0.6) is 0 Å². The van der Waals surface area contributed by atoms with Crippen LogP contribution in [0.1, 0.15) is 5.56 Å². The van der Waals surface area contributed by atoms with Crippen LogP contribution in [0.2, 0.25) is 0 Å². The van der Waals surface area contributed by atoms with Crippen LogP contribution in [0.25, 0.3) is 22.8 Å². The maximum Gasteiger partial charge on any atom is 0.322 e. The lowest BCUT2D eigenvalue weighted by atomic mass is 10.1. The fraction of sp³-hybridized carbons (Fsp3) is 0.150. The highest BCUT2D eigenvalue weighted by atomic mass is 32.2. The molecule has 0 aliphatic rings. The molecule has 4 aromatic rings. The van der Waals surface area contributed by atoms with Gasteiger partial charge in [-0.3, -0.25) is 10.1 Å². The molecule has 29 heavy (non-hydrogen) atoms. The van der Waals surface area contributed by atoms with Crippen molar-refractivity contribution in [3.8, 4) is 22.8 Å². The van der Waals surface area contributed by atoms with Crippen molar-refractivity contribution in [2.24, 2.45) is 7.05 Å². The van der Waals surface area contributed by atoms with Crippen molar-refractivity contribution in [2.45, 2.75) is 12.1 Å². The summed E-state index contributed by atoms with van der Waals surface area (Å²) in [5, 5.41) is 19.5. The molecule has 1 amide bonds. The van der Waals surface area contributed by atoms with Gasteiger partial charge in [-0.05, 0) is 24.6 Å². The molecule has 2 heterocycles. The summed E-state index contributed by atoms with van der Waals surface area (Å²) in [6.07, 6.45) is 0. The Morgan fingerprint density at radius 3 is 2.59 bits per heavy atom. The Labute approximate surface area is 171 Å². The van der Waals surface area contributed by atoms with Crippen molar-refractivity contribution in [1.82, 2.24) is 25.0 Å². The standard InChI is InChI=1S/C20H18N6O2S/c1-13-8-6-7-11-15(13)17-22-25-20(26(17)2)29-12-16(27)21-19-24-23-18(28-19)14-9-4-3-5-10-14/h3-11H,12H2,1-2H3,(H,21,24,27). The van der Waals surface area contributed by atoms with Gasteiger partial charge in [-0.25, -0.2) is 0 Å². The average molecular weight is 406 g/mol. The first-order valence-corrected chi connectivity index (χ1v) is 9.87. The zero-order valence-electron chi connectivity index (χ0n) is 15.9. The maximum absolute atomic E-state index is 12.3. The number of carbonyl (C=O) groups excluding carboxylic acids is 1. The van der Waals surface area contributed by atoms with E-state index in [1.807, 2.05) is 73.1 Å². The smallest absolute Gasteiger partial charge is 0.322 e. The molecule has 2 aromatic carbocycles. The summed E-state index contributed by atoms with van der Waals surface area (Å²) in [7, 11) is 1.88. The Morgan fingerprint density at radius 2 is 1.79 bits per heavy atom. The molecule has 0 aliphatic heterocycles. The molecule has 0 atom stereocenters. The van der Waals surface area contributed by atoms with Crippen LogP contribution in [-0.4, -0.2) is 36.6 Å². The van der Waals surface area contributed by atoms with Gasteiger partial charge >= 0.3 is 6.01 Å². The second-order valence-electron chi connectivity index (χ2n) is 6.30. The third-order valence-corrected chi connectivity index (χ3v) is 5.27. The van der Waals surface area contributed by atoms with Crippen LogP contribution in [-0.2, 0) is 11.8 Å². The van der Waals surface area contributed by atoms with E-state index in [4.69, 9.17) is 4.42 Å². The van der Waals surface area contributed by atoms with Crippen LogP contribution in [0.3, 0.4) is 0 Å². The molecule has 0 radical (unpaired) electrons. The van der Waals surface area contributed by atoms with E-state index in [1.165, 1.54) is 11.8 Å². The predicted octanol–water partition coefficient (Wildman–Crippen LogP) is 3.57. The molecule has 2 aromatic heterocycles. The first-order chi connectivity index (χ1) is 14.1. The van der Waals surface area contributed by atoms with Gasteiger partial charge in [-0.15, -0.1) is 15.3 Å². The lowest BCUT2D eigenvalue weighted by Crippen LogP contribution is -2.14. The molecule has 0 unspecified atom stereocenters. The SMILES string of the molecule is Cc1ccccc1-c1nnc(SCC(=O)Nc2nnc(-c3ccccc3)o2)n1C. The lowest BCUT2D eigenvalue weighted by Gasteiger charge is -2.06. The van der Waals surface area contributed by atoms with Gasteiger partial charge in [0.15, 0.2) is 11.0 Å². The zero-order valence-corrected chi connectivity index (χ0v) is 16.7. The number of nitrogens with one attached hydrogen (secondary N) is 1. The molecule has 9 heteroatoms. The van der Waals surface area contributed by atoms with Crippen molar-refractivity contribution in [1.29, 1.82) is 0 Å². The van der Waals surface area contributed by atoms with Crippen molar-refractivity contribution in [3.63, 3.8) is 0 Å². The van der Waals surface area contributed by atoms with Gasteiger partial charge in [-0.1, -0.05) is 59.3 Å². The first-order valence-electron chi connectivity index (χ1n) is 8.89. The number of thioether (sulfide) groups is 1. The van der Waals surface area contributed by atoms with Gasteiger partial charge in [0.05, 0.1) is 5.75 Å². The fourth-order valence-electron chi connectivity index (χ4n) is 2.76. The Kier molecular flexibility index (Phi) is 5.39. The normalized spacial score (nSPS) is 10.8. The molecule has 0 spiro atoms. The second kappa shape index (κ2) is 8.27. The minimum Gasteiger partial charge on any atom is -0.403 e. The molecule has 4 rings (SSSR count). The zero-order chi connectivity index (χ0) is 20.2. The summed E-state index contributed by atoms with van der Waals surface area (Å²) in [5.41, 5.74) is 2.92. The van der Waals surface area contributed by atoms with E-state index < -0.39 is 0 Å². The molecule has 0 saturated carbocycles. The second-order valence-corrected chi connectivity index (χ2v) is 7.24. The molecular weight excluding hydrogens is 388 g/mol. The van der Waals surface area contributed by atoms with E-state index in [9.17, 15) is 4.79 Å². The number of anilines is 1. The number of hydrogen-bond donors (Lipinski definition) is 1. The van der Waals surface area contributed by atoms with Gasteiger partial charge in [0.25, 0.3) is 0 Å². The summed E-state index contributed by atoms with van der Waals surface area (Å²) in [4.78, 5) is 12.3. The first kappa shape index (κ1) is 18.9. The number of carbonyl (C=O) groups is 1. The maximum atomic E-state index is 12.3. The fourth-order valence-corrected chi connectivity index (χ4v) is 3.47. The van der Waals surface area contributed by atoms with E-state index in [1.54, 1.807) is 0 Å². The number of aromatic nitrogens is 5. The molecular formula is C20H18N6O2S. The number of nitrogens with zero attached hydrogens (tertiary/aromatic N) is 5. The third kappa shape index (κ3) is 4.19. The van der Waals surface area contributed by atoms with Crippen LogP contribution >= 0.6 is 11.8 Å². The van der Waals surface area contributed by atoms with E-state index in [0.29, 0.717) is 11.0 Å². The summed E-state index contributed by atoms with van der Waals surface area (Å²) >= 11 is 1.29. The lowest BCUT2D eigenvalue weighted by molar-refractivity contribution is -0.113. The minimum atomic E-state index is -0.265. The van der Waals surface area contributed by atoms with Gasteiger partial charge in [0, 0.05) is 18.2 Å². The molecule has 0 saturated heterocycles. The van der Waals surface area contributed by atoms with Crippen LogP contribution < -0.4 is 5.32 Å². The van der Waals surface area contributed by atoms with E-state index in [-0.39, 0.29) is 17.7 Å². The van der Waals surface area contributed by atoms with Gasteiger partial charge < -0.3 is 8.98 Å². The number of amides is 1. The third-order valence-electron chi connectivity index (χ3n) is 4.25. The summed E-state index contributed by atoms with van der Waals surface area (Å²) < 4.78 is 7.37. The quantitative estimate of drug-likeness (QED) is 0.489. The Morgan fingerprint density at radius 1 is 1.03 bits per heavy atom. The molecule has 8 nitrogen and oxygen atoms in total.